The Morgan fingerprint density at radius 2 is 2.29 bits per heavy atom. The van der Waals surface area contributed by atoms with Crippen LogP contribution in [0.25, 0.3) is 0 Å². The van der Waals surface area contributed by atoms with E-state index in [1.54, 1.807) is 7.11 Å². The quantitative estimate of drug-likeness (QED) is 0.457. The SMILES string of the molecule is COCCNC(=O)CNC1(CO)CC1. The van der Waals surface area contributed by atoms with Gasteiger partial charge in [0.05, 0.1) is 19.8 Å². The van der Waals surface area contributed by atoms with Crippen molar-refractivity contribution in [1.82, 2.24) is 10.6 Å². The Labute approximate surface area is 83.8 Å². The molecule has 14 heavy (non-hydrogen) atoms. The summed E-state index contributed by atoms with van der Waals surface area (Å²) in [7, 11) is 1.59. The second-order valence-electron chi connectivity index (χ2n) is 3.63. The van der Waals surface area contributed by atoms with E-state index in [0.29, 0.717) is 13.2 Å². The van der Waals surface area contributed by atoms with Crippen LogP contribution in [-0.2, 0) is 9.53 Å². The first-order valence-electron chi connectivity index (χ1n) is 4.84. The van der Waals surface area contributed by atoms with Gasteiger partial charge in [-0.2, -0.15) is 0 Å². The number of hydrogen-bond acceptors (Lipinski definition) is 4. The molecule has 1 saturated carbocycles. The molecule has 0 aromatic rings. The molecular weight excluding hydrogens is 184 g/mol. The minimum absolute atomic E-state index is 0.0539. The smallest absolute Gasteiger partial charge is 0.234 e. The Morgan fingerprint density at radius 1 is 1.57 bits per heavy atom. The van der Waals surface area contributed by atoms with Crippen molar-refractivity contribution in [2.24, 2.45) is 0 Å². The lowest BCUT2D eigenvalue weighted by molar-refractivity contribution is -0.120. The van der Waals surface area contributed by atoms with E-state index in [0.717, 1.165) is 12.8 Å². The first kappa shape index (κ1) is 11.4. The third kappa shape index (κ3) is 3.61. The zero-order valence-electron chi connectivity index (χ0n) is 8.51. The van der Waals surface area contributed by atoms with E-state index in [1.165, 1.54) is 0 Å². The highest BCUT2D eigenvalue weighted by Gasteiger charge is 2.41. The molecule has 0 spiro atoms. The molecule has 5 heteroatoms. The van der Waals surface area contributed by atoms with Crippen LogP contribution >= 0.6 is 0 Å². The fourth-order valence-electron chi connectivity index (χ4n) is 1.16. The average molecular weight is 202 g/mol. The van der Waals surface area contributed by atoms with E-state index in [4.69, 9.17) is 9.84 Å². The molecule has 0 bridgehead atoms. The predicted molar refractivity (Wildman–Crippen MR) is 51.9 cm³/mol. The Kier molecular flexibility index (Phi) is 4.31. The molecule has 0 radical (unpaired) electrons. The van der Waals surface area contributed by atoms with E-state index in [9.17, 15) is 4.79 Å². The minimum atomic E-state index is -0.168. The fraction of sp³-hybridized carbons (Fsp3) is 0.889. The number of carbonyl (C=O) groups is 1. The van der Waals surface area contributed by atoms with Crippen LogP contribution in [0, 0.1) is 0 Å². The molecule has 1 amide bonds. The number of aliphatic hydroxyl groups excluding tert-OH is 1. The van der Waals surface area contributed by atoms with Crippen LogP contribution < -0.4 is 10.6 Å². The molecule has 1 fully saturated rings. The molecule has 1 rings (SSSR count). The molecule has 0 aromatic carbocycles. The highest BCUT2D eigenvalue weighted by Crippen LogP contribution is 2.34. The third-order valence-electron chi connectivity index (χ3n) is 2.41. The minimum Gasteiger partial charge on any atom is -0.394 e. The van der Waals surface area contributed by atoms with Crippen molar-refractivity contribution in [3.05, 3.63) is 0 Å². The molecule has 3 N–H and O–H groups in total. The molecule has 1 aliphatic rings. The topological polar surface area (TPSA) is 70.6 Å². The number of methoxy groups -OCH3 is 1. The number of amides is 1. The summed E-state index contributed by atoms with van der Waals surface area (Å²) in [5, 5.41) is 14.7. The van der Waals surface area contributed by atoms with Gasteiger partial charge in [-0.15, -0.1) is 0 Å². The van der Waals surface area contributed by atoms with Crippen LogP contribution in [0.5, 0.6) is 0 Å². The summed E-state index contributed by atoms with van der Waals surface area (Å²) in [6.07, 6.45) is 1.91. The Bertz CT molecular complexity index is 192. The lowest BCUT2D eigenvalue weighted by atomic mass is 10.3. The highest BCUT2D eigenvalue weighted by molar-refractivity contribution is 5.78. The fourth-order valence-corrected chi connectivity index (χ4v) is 1.16. The Morgan fingerprint density at radius 3 is 2.79 bits per heavy atom. The summed E-state index contributed by atoms with van der Waals surface area (Å²) in [5.74, 6) is -0.0539. The van der Waals surface area contributed by atoms with E-state index in [2.05, 4.69) is 10.6 Å². The number of carbonyl (C=O) groups excluding carboxylic acids is 1. The van der Waals surface area contributed by atoms with Gasteiger partial charge in [0.25, 0.3) is 0 Å². The Balaban J connectivity index is 2.03. The summed E-state index contributed by atoms with van der Waals surface area (Å²) in [6, 6.07) is 0. The molecule has 0 heterocycles. The van der Waals surface area contributed by atoms with Crippen molar-refractivity contribution < 1.29 is 14.6 Å². The van der Waals surface area contributed by atoms with Crippen LogP contribution in [-0.4, -0.2) is 50.0 Å². The summed E-state index contributed by atoms with van der Waals surface area (Å²) in [4.78, 5) is 11.2. The average Bonchev–Trinajstić information content (AvgIpc) is 2.96. The van der Waals surface area contributed by atoms with Crippen LogP contribution in [0.2, 0.25) is 0 Å². The summed E-state index contributed by atoms with van der Waals surface area (Å²) in [6.45, 7) is 1.43. The zero-order valence-corrected chi connectivity index (χ0v) is 8.51. The Hall–Kier alpha value is -0.650. The maximum absolute atomic E-state index is 11.2. The molecule has 1 aliphatic carbocycles. The van der Waals surface area contributed by atoms with E-state index in [-0.39, 0.29) is 24.6 Å². The van der Waals surface area contributed by atoms with Crippen molar-refractivity contribution >= 4 is 5.91 Å². The normalized spacial score (nSPS) is 17.9. The first-order valence-corrected chi connectivity index (χ1v) is 4.84. The van der Waals surface area contributed by atoms with Gasteiger partial charge in [-0.05, 0) is 12.8 Å². The monoisotopic (exact) mass is 202 g/mol. The van der Waals surface area contributed by atoms with Crippen LogP contribution in [0.3, 0.4) is 0 Å². The van der Waals surface area contributed by atoms with E-state index < -0.39 is 0 Å². The molecular formula is C9H18N2O3. The maximum Gasteiger partial charge on any atom is 0.234 e. The third-order valence-corrected chi connectivity index (χ3v) is 2.41. The molecule has 0 atom stereocenters. The second kappa shape index (κ2) is 5.29. The van der Waals surface area contributed by atoms with Gasteiger partial charge in [0.15, 0.2) is 0 Å². The lowest BCUT2D eigenvalue weighted by Gasteiger charge is -2.13. The molecule has 5 nitrogen and oxygen atoms in total. The standard InChI is InChI=1S/C9H18N2O3/c1-14-5-4-10-8(13)6-11-9(7-12)2-3-9/h11-12H,2-7H2,1H3,(H,10,13). The van der Waals surface area contributed by atoms with Crippen molar-refractivity contribution in [3.63, 3.8) is 0 Å². The molecule has 0 unspecified atom stereocenters. The summed E-state index contributed by atoms with van der Waals surface area (Å²) in [5.41, 5.74) is -0.168. The van der Waals surface area contributed by atoms with Gasteiger partial charge >= 0.3 is 0 Å². The molecule has 0 aromatic heterocycles. The molecule has 0 aliphatic heterocycles. The van der Waals surface area contributed by atoms with Gasteiger partial charge in [-0.25, -0.2) is 0 Å². The zero-order chi connectivity index (χ0) is 10.4. The van der Waals surface area contributed by atoms with Gasteiger partial charge in [-0.1, -0.05) is 0 Å². The molecule has 0 saturated heterocycles. The largest absolute Gasteiger partial charge is 0.394 e. The van der Waals surface area contributed by atoms with Gasteiger partial charge < -0.3 is 20.5 Å². The number of hydrogen-bond donors (Lipinski definition) is 3. The highest BCUT2D eigenvalue weighted by atomic mass is 16.5. The summed E-state index contributed by atoms with van der Waals surface area (Å²) < 4.78 is 4.80. The predicted octanol–water partition coefficient (Wildman–Crippen LogP) is -1.14. The first-order chi connectivity index (χ1) is 6.72. The van der Waals surface area contributed by atoms with Crippen LogP contribution in [0.15, 0.2) is 0 Å². The van der Waals surface area contributed by atoms with E-state index in [1.807, 2.05) is 0 Å². The van der Waals surface area contributed by atoms with Crippen LogP contribution in [0.4, 0.5) is 0 Å². The molecule has 82 valence electrons. The second-order valence-corrected chi connectivity index (χ2v) is 3.63. The van der Waals surface area contributed by atoms with Crippen LogP contribution in [0.1, 0.15) is 12.8 Å². The number of rotatable bonds is 7. The maximum atomic E-state index is 11.2. The van der Waals surface area contributed by atoms with Crippen molar-refractivity contribution in [1.29, 1.82) is 0 Å². The van der Waals surface area contributed by atoms with Crippen molar-refractivity contribution in [3.8, 4) is 0 Å². The van der Waals surface area contributed by atoms with Gasteiger partial charge in [0.1, 0.15) is 0 Å². The van der Waals surface area contributed by atoms with Gasteiger partial charge in [0, 0.05) is 19.2 Å². The van der Waals surface area contributed by atoms with Crippen molar-refractivity contribution in [2.75, 3.05) is 33.4 Å². The van der Waals surface area contributed by atoms with Crippen molar-refractivity contribution in [2.45, 2.75) is 18.4 Å². The lowest BCUT2D eigenvalue weighted by Crippen LogP contribution is -2.43. The number of aliphatic hydroxyl groups is 1. The number of nitrogens with one attached hydrogen (secondary N) is 2. The number of ether oxygens (including phenoxy) is 1. The summed E-state index contributed by atoms with van der Waals surface area (Å²) >= 11 is 0. The van der Waals surface area contributed by atoms with E-state index >= 15 is 0 Å². The van der Waals surface area contributed by atoms with Gasteiger partial charge in [0.2, 0.25) is 5.91 Å². The van der Waals surface area contributed by atoms with Gasteiger partial charge in [-0.3, -0.25) is 4.79 Å².